The Hall–Kier alpha value is -0.380. The van der Waals surface area contributed by atoms with Gasteiger partial charge in [-0.3, -0.25) is 0 Å². The molecular formula is C11H23NO2. The van der Waals surface area contributed by atoms with Gasteiger partial charge >= 0.3 is 0 Å². The number of nitrogens with one attached hydrogen (secondary N) is 1. The first kappa shape index (κ1) is 13.6. The fourth-order valence-electron chi connectivity index (χ4n) is 0.878. The van der Waals surface area contributed by atoms with Crippen molar-refractivity contribution < 1.29 is 9.84 Å². The summed E-state index contributed by atoms with van der Waals surface area (Å²) in [5, 5.41) is 12.6. The van der Waals surface area contributed by atoms with Crippen LogP contribution in [0, 0.1) is 0 Å². The maximum Gasteiger partial charge on any atom is 0.0897 e. The third kappa shape index (κ3) is 9.71. The maximum atomic E-state index is 9.50. The van der Waals surface area contributed by atoms with E-state index in [9.17, 15) is 5.11 Å². The van der Waals surface area contributed by atoms with Crippen LogP contribution in [0.25, 0.3) is 0 Å². The van der Waals surface area contributed by atoms with Crippen LogP contribution >= 0.6 is 0 Å². The SMILES string of the molecule is C=CCCNCC(O)COC(C)(C)C. The van der Waals surface area contributed by atoms with E-state index in [1.54, 1.807) is 0 Å². The summed E-state index contributed by atoms with van der Waals surface area (Å²) in [7, 11) is 0. The fourth-order valence-corrected chi connectivity index (χ4v) is 0.878. The number of hydrogen-bond acceptors (Lipinski definition) is 3. The smallest absolute Gasteiger partial charge is 0.0897 e. The molecule has 0 aliphatic rings. The molecule has 0 aromatic carbocycles. The van der Waals surface area contributed by atoms with Crippen LogP contribution in [-0.4, -0.2) is 36.5 Å². The minimum Gasteiger partial charge on any atom is -0.389 e. The van der Waals surface area contributed by atoms with Gasteiger partial charge in [-0.15, -0.1) is 6.58 Å². The highest BCUT2D eigenvalue weighted by Crippen LogP contribution is 2.06. The predicted octanol–water partition coefficient (Wildman–Crippen LogP) is 1.33. The summed E-state index contributed by atoms with van der Waals surface area (Å²) in [6, 6.07) is 0. The van der Waals surface area contributed by atoms with Crippen molar-refractivity contribution in [1.82, 2.24) is 5.32 Å². The van der Waals surface area contributed by atoms with E-state index in [1.807, 2.05) is 26.8 Å². The third-order valence-electron chi connectivity index (χ3n) is 1.61. The first-order chi connectivity index (χ1) is 6.45. The summed E-state index contributed by atoms with van der Waals surface area (Å²) in [6.07, 6.45) is 2.34. The van der Waals surface area contributed by atoms with E-state index in [0.717, 1.165) is 13.0 Å². The summed E-state index contributed by atoms with van der Waals surface area (Å²) in [5.41, 5.74) is -0.178. The molecular weight excluding hydrogens is 178 g/mol. The molecule has 0 aromatic rings. The lowest BCUT2D eigenvalue weighted by atomic mass is 10.2. The van der Waals surface area contributed by atoms with Gasteiger partial charge in [0.15, 0.2) is 0 Å². The molecule has 0 heterocycles. The predicted molar refractivity (Wildman–Crippen MR) is 59.4 cm³/mol. The summed E-state index contributed by atoms with van der Waals surface area (Å²) in [4.78, 5) is 0. The molecule has 1 atom stereocenters. The lowest BCUT2D eigenvalue weighted by Crippen LogP contribution is -2.34. The number of aliphatic hydroxyl groups is 1. The quantitative estimate of drug-likeness (QED) is 0.482. The standard InChI is InChI=1S/C11H23NO2/c1-5-6-7-12-8-10(13)9-14-11(2,3)4/h5,10,12-13H,1,6-9H2,2-4H3. The molecule has 2 N–H and O–H groups in total. The van der Waals surface area contributed by atoms with Crippen molar-refractivity contribution in [3.05, 3.63) is 12.7 Å². The molecule has 0 saturated heterocycles. The van der Waals surface area contributed by atoms with E-state index in [1.165, 1.54) is 0 Å². The Kier molecular flexibility index (Phi) is 6.79. The highest BCUT2D eigenvalue weighted by molar-refractivity contribution is 4.69. The van der Waals surface area contributed by atoms with Gasteiger partial charge in [0, 0.05) is 6.54 Å². The molecule has 3 heteroatoms. The van der Waals surface area contributed by atoms with Crippen LogP contribution in [0.4, 0.5) is 0 Å². The summed E-state index contributed by atoms with van der Waals surface area (Å²) < 4.78 is 5.44. The van der Waals surface area contributed by atoms with E-state index < -0.39 is 6.10 Å². The molecule has 0 amide bonds. The van der Waals surface area contributed by atoms with Crippen molar-refractivity contribution in [3.8, 4) is 0 Å². The van der Waals surface area contributed by atoms with Gasteiger partial charge in [-0.05, 0) is 33.7 Å². The van der Waals surface area contributed by atoms with Crippen molar-refractivity contribution >= 4 is 0 Å². The van der Waals surface area contributed by atoms with Gasteiger partial charge in [-0.25, -0.2) is 0 Å². The van der Waals surface area contributed by atoms with Crippen LogP contribution in [0.1, 0.15) is 27.2 Å². The monoisotopic (exact) mass is 201 g/mol. The van der Waals surface area contributed by atoms with Crippen LogP contribution in [0.5, 0.6) is 0 Å². The van der Waals surface area contributed by atoms with Gasteiger partial charge in [0.1, 0.15) is 0 Å². The normalized spacial score (nSPS) is 14.0. The Morgan fingerprint density at radius 1 is 1.50 bits per heavy atom. The lowest BCUT2D eigenvalue weighted by Gasteiger charge is -2.22. The zero-order valence-corrected chi connectivity index (χ0v) is 9.55. The molecule has 14 heavy (non-hydrogen) atoms. The Bertz CT molecular complexity index is 152. The molecule has 0 aliphatic carbocycles. The van der Waals surface area contributed by atoms with E-state index in [4.69, 9.17) is 4.74 Å². The Morgan fingerprint density at radius 3 is 2.64 bits per heavy atom. The van der Waals surface area contributed by atoms with Crippen LogP contribution in [0.2, 0.25) is 0 Å². The molecule has 0 fully saturated rings. The van der Waals surface area contributed by atoms with Gasteiger partial charge in [0.05, 0.1) is 18.3 Å². The zero-order chi connectivity index (χ0) is 11.0. The molecule has 0 aliphatic heterocycles. The molecule has 3 nitrogen and oxygen atoms in total. The lowest BCUT2D eigenvalue weighted by molar-refractivity contribution is -0.0477. The van der Waals surface area contributed by atoms with Crippen molar-refractivity contribution in [2.24, 2.45) is 0 Å². The van der Waals surface area contributed by atoms with Gasteiger partial charge in [-0.2, -0.15) is 0 Å². The molecule has 0 radical (unpaired) electrons. The highest BCUT2D eigenvalue weighted by Gasteiger charge is 2.12. The van der Waals surface area contributed by atoms with Crippen molar-refractivity contribution in [2.45, 2.75) is 38.9 Å². The van der Waals surface area contributed by atoms with Crippen molar-refractivity contribution in [1.29, 1.82) is 0 Å². The average Bonchev–Trinajstić information content (AvgIpc) is 2.08. The highest BCUT2D eigenvalue weighted by atomic mass is 16.5. The summed E-state index contributed by atoms with van der Waals surface area (Å²) in [6.45, 7) is 11.4. The Balaban J connectivity index is 3.36. The summed E-state index contributed by atoms with van der Waals surface area (Å²) >= 11 is 0. The second-order valence-electron chi connectivity index (χ2n) is 4.36. The molecule has 84 valence electrons. The Labute approximate surface area is 87.2 Å². The third-order valence-corrected chi connectivity index (χ3v) is 1.61. The molecule has 0 spiro atoms. The number of aliphatic hydroxyl groups excluding tert-OH is 1. The number of rotatable bonds is 7. The van der Waals surface area contributed by atoms with E-state index in [0.29, 0.717) is 13.2 Å². The zero-order valence-electron chi connectivity index (χ0n) is 9.55. The second kappa shape index (κ2) is 6.98. The minimum atomic E-state index is -0.431. The van der Waals surface area contributed by atoms with Crippen molar-refractivity contribution in [2.75, 3.05) is 19.7 Å². The largest absolute Gasteiger partial charge is 0.389 e. The summed E-state index contributed by atoms with van der Waals surface area (Å²) in [5.74, 6) is 0. The van der Waals surface area contributed by atoms with E-state index >= 15 is 0 Å². The van der Waals surface area contributed by atoms with Crippen LogP contribution in [0.15, 0.2) is 12.7 Å². The van der Waals surface area contributed by atoms with Crippen LogP contribution in [0.3, 0.4) is 0 Å². The van der Waals surface area contributed by atoms with Crippen LogP contribution < -0.4 is 5.32 Å². The van der Waals surface area contributed by atoms with Gasteiger partial charge < -0.3 is 15.2 Å². The first-order valence-corrected chi connectivity index (χ1v) is 5.09. The maximum absolute atomic E-state index is 9.50. The fraction of sp³-hybridized carbons (Fsp3) is 0.818. The van der Waals surface area contributed by atoms with E-state index in [-0.39, 0.29) is 5.60 Å². The molecule has 1 unspecified atom stereocenters. The molecule has 0 saturated carbocycles. The van der Waals surface area contributed by atoms with Gasteiger partial charge in [0.25, 0.3) is 0 Å². The average molecular weight is 201 g/mol. The first-order valence-electron chi connectivity index (χ1n) is 5.09. The number of hydrogen-bond donors (Lipinski definition) is 2. The second-order valence-corrected chi connectivity index (χ2v) is 4.36. The van der Waals surface area contributed by atoms with Crippen LogP contribution in [-0.2, 0) is 4.74 Å². The molecule has 0 rings (SSSR count). The minimum absolute atomic E-state index is 0.178. The van der Waals surface area contributed by atoms with E-state index in [2.05, 4.69) is 11.9 Å². The molecule has 0 aromatic heterocycles. The Morgan fingerprint density at radius 2 is 2.14 bits per heavy atom. The van der Waals surface area contributed by atoms with Gasteiger partial charge in [0.2, 0.25) is 0 Å². The van der Waals surface area contributed by atoms with Gasteiger partial charge in [-0.1, -0.05) is 6.08 Å². The number of ether oxygens (including phenoxy) is 1. The van der Waals surface area contributed by atoms with Crippen molar-refractivity contribution in [3.63, 3.8) is 0 Å². The topological polar surface area (TPSA) is 41.5 Å². The molecule has 0 bridgehead atoms.